The molecule has 5 heteroatoms. The van der Waals surface area contributed by atoms with Crippen LogP contribution >= 0.6 is 11.6 Å². The van der Waals surface area contributed by atoms with E-state index < -0.39 is 0 Å². The van der Waals surface area contributed by atoms with Gasteiger partial charge in [-0.1, -0.05) is 36.7 Å². The lowest BCUT2D eigenvalue weighted by molar-refractivity contribution is 0.0973. The van der Waals surface area contributed by atoms with Gasteiger partial charge in [-0.25, -0.2) is 9.69 Å². The van der Waals surface area contributed by atoms with Crippen molar-refractivity contribution in [3.8, 4) is 0 Å². The number of carbonyl (C=O) groups is 2. The van der Waals surface area contributed by atoms with Crippen LogP contribution in [0.25, 0.3) is 0 Å². The second-order valence-electron chi connectivity index (χ2n) is 6.52. The summed E-state index contributed by atoms with van der Waals surface area (Å²) in [5, 5.41) is 0.557. The van der Waals surface area contributed by atoms with Crippen LogP contribution in [0, 0.1) is 0 Å². The molecular weight excluding hydrogens is 348 g/mol. The van der Waals surface area contributed by atoms with Gasteiger partial charge in [0.15, 0.2) is 0 Å². The number of piperidine rings is 1. The summed E-state index contributed by atoms with van der Waals surface area (Å²) in [6.07, 6.45) is 3.97. The Morgan fingerprint density at radius 1 is 1.08 bits per heavy atom. The van der Waals surface area contributed by atoms with Crippen molar-refractivity contribution < 1.29 is 9.59 Å². The Morgan fingerprint density at radius 3 is 2.42 bits per heavy atom. The Morgan fingerprint density at radius 2 is 1.77 bits per heavy atom. The predicted octanol–water partition coefficient (Wildman–Crippen LogP) is 5.37. The Labute approximate surface area is 159 Å². The zero-order valence-electron chi connectivity index (χ0n) is 14.9. The number of rotatable bonds is 3. The van der Waals surface area contributed by atoms with E-state index >= 15 is 0 Å². The number of halogens is 1. The first-order valence-electron chi connectivity index (χ1n) is 9.07. The van der Waals surface area contributed by atoms with Crippen LogP contribution < -0.4 is 4.90 Å². The zero-order valence-corrected chi connectivity index (χ0v) is 15.7. The Balaban J connectivity index is 1.96. The fourth-order valence-corrected chi connectivity index (χ4v) is 3.54. The quantitative estimate of drug-likeness (QED) is 0.728. The molecule has 0 aliphatic carbocycles. The molecule has 3 rings (SSSR count). The highest BCUT2D eigenvalue weighted by molar-refractivity contribution is 6.30. The minimum absolute atomic E-state index is 0.181. The van der Waals surface area contributed by atoms with E-state index in [0.29, 0.717) is 22.8 Å². The molecule has 1 fully saturated rings. The average molecular weight is 371 g/mol. The Hall–Kier alpha value is -2.33. The fourth-order valence-electron chi connectivity index (χ4n) is 3.42. The van der Waals surface area contributed by atoms with E-state index in [1.54, 1.807) is 36.4 Å². The summed E-state index contributed by atoms with van der Waals surface area (Å²) >= 11 is 5.94. The molecule has 1 unspecified atom stereocenters. The normalized spacial score (nSPS) is 17.0. The minimum Gasteiger partial charge on any atom is -0.321 e. The standard InChI is InChI=1S/C21H23ClN2O2/c1-2-18-8-6-7-15-23(18)21(26)24(19-9-4-3-5-10-19)20(25)16-11-13-17(22)14-12-16/h3-5,9-14,18H,2,6-8,15H2,1H3. The maximum atomic E-state index is 13.4. The lowest BCUT2D eigenvalue weighted by atomic mass is 10.0. The third-order valence-electron chi connectivity index (χ3n) is 4.84. The van der Waals surface area contributed by atoms with Gasteiger partial charge < -0.3 is 4.90 Å². The summed E-state index contributed by atoms with van der Waals surface area (Å²) in [6, 6.07) is 15.7. The average Bonchev–Trinajstić information content (AvgIpc) is 2.69. The highest BCUT2D eigenvalue weighted by atomic mass is 35.5. The SMILES string of the molecule is CCC1CCCCN1C(=O)N(C(=O)c1ccc(Cl)cc1)c1ccccc1. The predicted molar refractivity (Wildman–Crippen MR) is 105 cm³/mol. The van der Waals surface area contributed by atoms with Gasteiger partial charge in [-0.05, 0) is 62.1 Å². The molecule has 2 aromatic carbocycles. The van der Waals surface area contributed by atoms with Crippen molar-refractivity contribution in [1.29, 1.82) is 0 Å². The van der Waals surface area contributed by atoms with Crippen molar-refractivity contribution >= 4 is 29.2 Å². The molecule has 0 radical (unpaired) electrons. The van der Waals surface area contributed by atoms with Crippen molar-refractivity contribution in [3.05, 3.63) is 65.2 Å². The van der Waals surface area contributed by atoms with Crippen LogP contribution in [-0.2, 0) is 0 Å². The van der Waals surface area contributed by atoms with Gasteiger partial charge >= 0.3 is 6.03 Å². The van der Waals surface area contributed by atoms with Gasteiger partial charge in [-0.3, -0.25) is 4.79 Å². The molecule has 4 nitrogen and oxygen atoms in total. The molecule has 0 spiro atoms. The van der Waals surface area contributed by atoms with Crippen molar-refractivity contribution in [3.63, 3.8) is 0 Å². The van der Waals surface area contributed by atoms with Crippen LogP contribution in [0.2, 0.25) is 5.02 Å². The van der Waals surface area contributed by atoms with E-state index in [2.05, 4.69) is 6.92 Å². The van der Waals surface area contributed by atoms with E-state index in [9.17, 15) is 9.59 Å². The number of carbonyl (C=O) groups excluding carboxylic acids is 2. The van der Waals surface area contributed by atoms with Crippen LogP contribution in [0.3, 0.4) is 0 Å². The van der Waals surface area contributed by atoms with E-state index in [1.807, 2.05) is 23.1 Å². The number of urea groups is 1. The number of likely N-dealkylation sites (tertiary alicyclic amines) is 1. The molecular formula is C21H23ClN2O2. The smallest absolute Gasteiger partial charge is 0.321 e. The number of imide groups is 1. The zero-order chi connectivity index (χ0) is 18.5. The van der Waals surface area contributed by atoms with Crippen LogP contribution in [0.15, 0.2) is 54.6 Å². The van der Waals surface area contributed by atoms with Gasteiger partial charge in [0, 0.05) is 23.2 Å². The van der Waals surface area contributed by atoms with Gasteiger partial charge in [-0.15, -0.1) is 0 Å². The third-order valence-corrected chi connectivity index (χ3v) is 5.10. The van der Waals surface area contributed by atoms with Crippen molar-refractivity contribution in [2.45, 2.75) is 38.6 Å². The van der Waals surface area contributed by atoms with Crippen molar-refractivity contribution in [2.75, 3.05) is 11.4 Å². The molecule has 1 saturated heterocycles. The molecule has 1 aliphatic heterocycles. The summed E-state index contributed by atoms with van der Waals surface area (Å²) in [5.41, 5.74) is 1.02. The largest absolute Gasteiger partial charge is 0.331 e. The Bertz CT molecular complexity index is 761. The van der Waals surface area contributed by atoms with Crippen LogP contribution in [-0.4, -0.2) is 29.4 Å². The molecule has 0 N–H and O–H groups in total. The second-order valence-corrected chi connectivity index (χ2v) is 6.95. The first-order valence-corrected chi connectivity index (χ1v) is 9.45. The minimum atomic E-state index is -0.335. The second kappa shape index (κ2) is 8.37. The summed E-state index contributed by atoms with van der Waals surface area (Å²) in [6.45, 7) is 2.78. The topological polar surface area (TPSA) is 40.6 Å². The van der Waals surface area contributed by atoms with Crippen molar-refractivity contribution in [2.24, 2.45) is 0 Å². The van der Waals surface area contributed by atoms with Gasteiger partial charge in [0.1, 0.15) is 0 Å². The molecule has 3 amide bonds. The van der Waals surface area contributed by atoms with E-state index in [0.717, 1.165) is 25.7 Å². The first kappa shape index (κ1) is 18.5. The first-order chi connectivity index (χ1) is 12.6. The maximum Gasteiger partial charge on any atom is 0.331 e. The van der Waals surface area contributed by atoms with Gasteiger partial charge in [0.05, 0.1) is 5.69 Å². The summed E-state index contributed by atoms with van der Waals surface area (Å²) < 4.78 is 0. The molecule has 1 heterocycles. The molecule has 1 aliphatic rings. The lowest BCUT2D eigenvalue weighted by Crippen LogP contribution is -2.52. The fraction of sp³-hybridized carbons (Fsp3) is 0.333. The van der Waals surface area contributed by atoms with Gasteiger partial charge in [0.25, 0.3) is 5.91 Å². The monoisotopic (exact) mass is 370 g/mol. The third kappa shape index (κ3) is 3.91. The number of hydrogen-bond donors (Lipinski definition) is 0. The molecule has 0 aromatic heterocycles. The molecule has 0 saturated carbocycles. The summed E-state index contributed by atoms with van der Waals surface area (Å²) in [7, 11) is 0. The number of anilines is 1. The molecule has 2 aromatic rings. The molecule has 26 heavy (non-hydrogen) atoms. The number of amides is 3. The number of para-hydroxylation sites is 1. The highest BCUT2D eigenvalue weighted by Crippen LogP contribution is 2.25. The van der Waals surface area contributed by atoms with E-state index in [-0.39, 0.29) is 18.0 Å². The van der Waals surface area contributed by atoms with E-state index in [4.69, 9.17) is 11.6 Å². The molecule has 136 valence electrons. The highest BCUT2D eigenvalue weighted by Gasteiger charge is 2.33. The summed E-state index contributed by atoms with van der Waals surface area (Å²) in [4.78, 5) is 29.7. The number of benzene rings is 2. The lowest BCUT2D eigenvalue weighted by Gasteiger charge is -2.38. The van der Waals surface area contributed by atoms with Gasteiger partial charge in [0.2, 0.25) is 0 Å². The number of hydrogen-bond acceptors (Lipinski definition) is 2. The van der Waals surface area contributed by atoms with Crippen LogP contribution in [0.5, 0.6) is 0 Å². The van der Waals surface area contributed by atoms with Crippen LogP contribution in [0.1, 0.15) is 43.0 Å². The van der Waals surface area contributed by atoms with E-state index in [1.165, 1.54) is 4.90 Å². The van der Waals surface area contributed by atoms with Crippen LogP contribution in [0.4, 0.5) is 10.5 Å². The summed E-state index contributed by atoms with van der Waals surface area (Å²) in [5.74, 6) is -0.335. The Kier molecular flexibility index (Phi) is 5.94. The number of nitrogens with zero attached hydrogens (tertiary/aromatic N) is 2. The maximum absolute atomic E-state index is 13.4. The van der Waals surface area contributed by atoms with Gasteiger partial charge in [-0.2, -0.15) is 0 Å². The van der Waals surface area contributed by atoms with Crippen molar-refractivity contribution in [1.82, 2.24) is 4.90 Å². The molecule has 1 atom stereocenters. The molecule has 0 bridgehead atoms.